The van der Waals surface area contributed by atoms with Crippen LogP contribution in [0.25, 0.3) is 0 Å². The van der Waals surface area contributed by atoms with E-state index in [1.165, 1.54) is 0 Å². The van der Waals surface area contributed by atoms with E-state index in [2.05, 4.69) is 13.2 Å². The van der Waals surface area contributed by atoms with Crippen LogP contribution in [-0.4, -0.2) is 41.8 Å². The summed E-state index contributed by atoms with van der Waals surface area (Å²) in [6.45, 7) is 10.5. The lowest BCUT2D eigenvalue weighted by Crippen LogP contribution is -2.47. The summed E-state index contributed by atoms with van der Waals surface area (Å²) in [7, 11) is 1.79. The van der Waals surface area contributed by atoms with Crippen molar-refractivity contribution in [2.75, 3.05) is 20.1 Å². The number of piperidine rings is 1. The molecule has 0 N–H and O–H groups in total. The van der Waals surface area contributed by atoms with Crippen molar-refractivity contribution in [3.63, 3.8) is 0 Å². The van der Waals surface area contributed by atoms with Gasteiger partial charge in [-0.2, -0.15) is 0 Å². The van der Waals surface area contributed by atoms with Gasteiger partial charge in [-0.15, -0.1) is 13.2 Å². The topological polar surface area (TPSA) is 40.6 Å². The van der Waals surface area contributed by atoms with Crippen molar-refractivity contribution >= 4 is 11.8 Å². The lowest BCUT2D eigenvalue weighted by Gasteiger charge is -2.40. The van der Waals surface area contributed by atoms with Crippen LogP contribution >= 0.6 is 0 Å². The molecule has 1 aliphatic rings. The Labute approximate surface area is 144 Å². The quantitative estimate of drug-likeness (QED) is 0.754. The maximum atomic E-state index is 13.1. The van der Waals surface area contributed by atoms with Gasteiger partial charge in [0.25, 0.3) is 0 Å². The average Bonchev–Trinajstić information content (AvgIpc) is 2.57. The highest BCUT2D eigenvalue weighted by Crippen LogP contribution is 2.37. The van der Waals surface area contributed by atoms with Crippen molar-refractivity contribution in [1.82, 2.24) is 9.80 Å². The van der Waals surface area contributed by atoms with E-state index in [4.69, 9.17) is 0 Å². The number of amides is 2. The first-order chi connectivity index (χ1) is 11.5. The van der Waals surface area contributed by atoms with Gasteiger partial charge >= 0.3 is 0 Å². The predicted molar refractivity (Wildman–Crippen MR) is 96.4 cm³/mol. The van der Waals surface area contributed by atoms with Gasteiger partial charge in [-0.05, 0) is 18.9 Å². The SMILES string of the molecule is C=CCN(CC=C)C(=O)C1CCC(=O)N(C)C1c1ccc(C)cc1. The third-order valence-electron chi connectivity index (χ3n) is 4.61. The number of aryl methyl sites for hydroxylation is 1. The Morgan fingerprint density at radius 1 is 1.25 bits per heavy atom. The normalized spacial score (nSPS) is 20.6. The molecule has 4 nitrogen and oxygen atoms in total. The Balaban J connectivity index is 2.35. The minimum absolute atomic E-state index is 0.0553. The summed E-state index contributed by atoms with van der Waals surface area (Å²) in [5.41, 5.74) is 2.16. The standard InChI is InChI=1S/C20H26N2O2/c1-5-13-22(14-6-2)20(24)17-11-12-18(23)21(4)19(17)16-9-7-15(3)8-10-16/h5-10,17,19H,1-2,11-14H2,3-4H3. The van der Waals surface area contributed by atoms with E-state index in [0.717, 1.165) is 11.1 Å². The number of nitrogens with zero attached hydrogens (tertiary/aromatic N) is 2. The molecule has 1 aromatic carbocycles. The number of hydrogen-bond donors (Lipinski definition) is 0. The molecule has 4 heteroatoms. The van der Waals surface area contributed by atoms with E-state index in [1.54, 1.807) is 29.0 Å². The summed E-state index contributed by atoms with van der Waals surface area (Å²) in [5.74, 6) is -0.0985. The summed E-state index contributed by atoms with van der Waals surface area (Å²) in [6, 6.07) is 7.85. The lowest BCUT2D eigenvalue weighted by atomic mass is 9.83. The highest BCUT2D eigenvalue weighted by atomic mass is 16.2. The van der Waals surface area contributed by atoms with Crippen LogP contribution in [0.5, 0.6) is 0 Å². The highest BCUT2D eigenvalue weighted by Gasteiger charge is 2.40. The molecule has 1 heterocycles. The Bertz CT molecular complexity index is 611. The first-order valence-corrected chi connectivity index (χ1v) is 8.32. The summed E-state index contributed by atoms with van der Waals surface area (Å²) in [4.78, 5) is 28.7. The largest absolute Gasteiger partial charge is 0.338 e. The molecule has 2 unspecified atom stereocenters. The van der Waals surface area contributed by atoms with Crippen LogP contribution < -0.4 is 0 Å². The number of rotatable bonds is 6. The molecule has 2 rings (SSSR count). The van der Waals surface area contributed by atoms with Crippen molar-refractivity contribution in [3.8, 4) is 0 Å². The Morgan fingerprint density at radius 2 is 1.83 bits per heavy atom. The van der Waals surface area contributed by atoms with Crippen molar-refractivity contribution in [2.45, 2.75) is 25.8 Å². The zero-order valence-electron chi connectivity index (χ0n) is 14.6. The molecule has 0 bridgehead atoms. The molecule has 2 atom stereocenters. The van der Waals surface area contributed by atoms with Crippen molar-refractivity contribution in [3.05, 3.63) is 60.7 Å². The molecule has 128 valence electrons. The van der Waals surface area contributed by atoms with E-state index >= 15 is 0 Å². The molecule has 0 saturated carbocycles. The Morgan fingerprint density at radius 3 is 2.38 bits per heavy atom. The molecule has 1 aliphatic heterocycles. The minimum atomic E-state index is -0.240. The van der Waals surface area contributed by atoms with Crippen molar-refractivity contribution < 1.29 is 9.59 Å². The molecule has 1 fully saturated rings. The lowest BCUT2D eigenvalue weighted by molar-refractivity contribution is -0.146. The fourth-order valence-corrected chi connectivity index (χ4v) is 3.32. The third-order valence-corrected chi connectivity index (χ3v) is 4.61. The summed E-state index contributed by atoms with van der Waals surface area (Å²) in [6.07, 6.45) is 4.43. The second-order valence-corrected chi connectivity index (χ2v) is 6.33. The van der Waals surface area contributed by atoms with Gasteiger partial charge in [0, 0.05) is 26.6 Å². The molecular weight excluding hydrogens is 300 g/mol. The zero-order chi connectivity index (χ0) is 17.7. The molecule has 0 radical (unpaired) electrons. The van der Waals surface area contributed by atoms with E-state index in [-0.39, 0.29) is 23.8 Å². The second kappa shape index (κ2) is 7.95. The molecule has 1 saturated heterocycles. The summed E-state index contributed by atoms with van der Waals surface area (Å²) in [5, 5.41) is 0. The van der Waals surface area contributed by atoms with Crippen molar-refractivity contribution in [1.29, 1.82) is 0 Å². The number of carbonyl (C=O) groups is 2. The molecule has 2 amide bonds. The number of likely N-dealkylation sites (tertiary alicyclic amines) is 1. The van der Waals surface area contributed by atoms with Crippen LogP contribution in [0.2, 0.25) is 0 Å². The van der Waals surface area contributed by atoms with Gasteiger partial charge in [0.2, 0.25) is 11.8 Å². The first-order valence-electron chi connectivity index (χ1n) is 8.32. The molecule has 24 heavy (non-hydrogen) atoms. The van der Waals surface area contributed by atoms with Gasteiger partial charge in [0.05, 0.1) is 12.0 Å². The smallest absolute Gasteiger partial charge is 0.228 e. The maximum absolute atomic E-state index is 13.1. The van der Waals surface area contributed by atoms with E-state index in [1.807, 2.05) is 31.2 Å². The van der Waals surface area contributed by atoms with Crippen LogP contribution in [0.3, 0.4) is 0 Å². The van der Waals surface area contributed by atoms with Crippen LogP contribution in [0.1, 0.15) is 30.0 Å². The van der Waals surface area contributed by atoms with Gasteiger partial charge in [-0.3, -0.25) is 9.59 Å². The third kappa shape index (κ3) is 3.75. The van der Waals surface area contributed by atoms with E-state index < -0.39 is 0 Å². The average molecular weight is 326 g/mol. The Kier molecular flexibility index (Phi) is 5.96. The second-order valence-electron chi connectivity index (χ2n) is 6.33. The van der Waals surface area contributed by atoms with Gasteiger partial charge in [0.15, 0.2) is 0 Å². The van der Waals surface area contributed by atoms with Crippen molar-refractivity contribution in [2.24, 2.45) is 5.92 Å². The van der Waals surface area contributed by atoms with Gasteiger partial charge in [-0.25, -0.2) is 0 Å². The van der Waals surface area contributed by atoms with Crippen LogP contribution in [0.4, 0.5) is 0 Å². The van der Waals surface area contributed by atoms with Crippen LogP contribution in [0.15, 0.2) is 49.6 Å². The van der Waals surface area contributed by atoms with Gasteiger partial charge in [-0.1, -0.05) is 42.0 Å². The monoisotopic (exact) mass is 326 g/mol. The van der Waals surface area contributed by atoms with Gasteiger partial charge in [0.1, 0.15) is 0 Å². The fourth-order valence-electron chi connectivity index (χ4n) is 3.32. The predicted octanol–water partition coefficient (Wildman–Crippen LogP) is 3.11. The van der Waals surface area contributed by atoms with Crippen LogP contribution in [0, 0.1) is 12.8 Å². The molecule has 1 aromatic rings. The number of benzene rings is 1. The first kappa shape index (κ1) is 18.0. The molecular formula is C20H26N2O2. The van der Waals surface area contributed by atoms with E-state index in [0.29, 0.717) is 25.9 Å². The molecule has 0 aliphatic carbocycles. The molecule has 0 spiro atoms. The highest BCUT2D eigenvalue weighted by molar-refractivity contribution is 5.85. The minimum Gasteiger partial charge on any atom is -0.338 e. The Hall–Kier alpha value is -2.36. The summed E-state index contributed by atoms with van der Waals surface area (Å²) < 4.78 is 0. The number of carbonyl (C=O) groups excluding carboxylic acids is 2. The number of hydrogen-bond acceptors (Lipinski definition) is 2. The van der Waals surface area contributed by atoms with Crippen LogP contribution in [-0.2, 0) is 9.59 Å². The zero-order valence-corrected chi connectivity index (χ0v) is 14.6. The van der Waals surface area contributed by atoms with E-state index in [9.17, 15) is 9.59 Å². The summed E-state index contributed by atoms with van der Waals surface area (Å²) >= 11 is 0. The van der Waals surface area contributed by atoms with Gasteiger partial charge < -0.3 is 9.80 Å². The molecule has 0 aromatic heterocycles. The maximum Gasteiger partial charge on any atom is 0.228 e. The fraction of sp³-hybridized carbons (Fsp3) is 0.400.